The highest BCUT2D eigenvalue weighted by atomic mass is 32.2. The molecular formula is C21H26N4O2S2. The number of hydrogen-bond donors (Lipinski definition) is 1. The highest BCUT2D eigenvalue weighted by molar-refractivity contribution is 8.01. The Morgan fingerprint density at radius 2 is 2.10 bits per heavy atom. The number of benzene rings is 1. The second-order valence-corrected chi connectivity index (χ2v) is 9.50. The summed E-state index contributed by atoms with van der Waals surface area (Å²) in [5, 5.41) is 12.5. The van der Waals surface area contributed by atoms with Crippen LogP contribution in [0.15, 0.2) is 40.4 Å². The first kappa shape index (κ1) is 20.2. The van der Waals surface area contributed by atoms with Gasteiger partial charge in [-0.3, -0.25) is 4.79 Å². The second-order valence-electron chi connectivity index (χ2n) is 7.30. The minimum absolute atomic E-state index is 0.202. The Bertz CT molecular complexity index is 862. The van der Waals surface area contributed by atoms with Gasteiger partial charge in [-0.05, 0) is 56.2 Å². The molecule has 4 rings (SSSR count). The summed E-state index contributed by atoms with van der Waals surface area (Å²) in [4.78, 5) is 14.9. The number of amides is 1. The highest BCUT2D eigenvalue weighted by Gasteiger charge is 2.34. The van der Waals surface area contributed by atoms with Crippen LogP contribution in [-0.2, 0) is 11.3 Å². The lowest BCUT2D eigenvalue weighted by Crippen LogP contribution is -2.34. The zero-order valence-corrected chi connectivity index (χ0v) is 18.2. The van der Waals surface area contributed by atoms with E-state index in [2.05, 4.69) is 26.5 Å². The van der Waals surface area contributed by atoms with Gasteiger partial charge >= 0.3 is 0 Å². The molecule has 1 amide bonds. The van der Waals surface area contributed by atoms with Crippen molar-refractivity contribution in [3.63, 3.8) is 0 Å². The molecule has 1 saturated carbocycles. The molecule has 0 bridgehead atoms. The van der Waals surface area contributed by atoms with Crippen molar-refractivity contribution in [1.29, 1.82) is 0 Å². The van der Waals surface area contributed by atoms with Crippen molar-refractivity contribution in [3.8, 4) is 5.75 Å². The Hall–Kier alpha value is -2.06. The second kappa shape index (κ2) is 9.63. The standard InChI is InChI=1S/C21H26N4O2S2/c1-27-18-11-7-15(8-12-18)13-22-20-23-24-21(29-20)28-14-19(26)25(17-9-10-17)16-5-3-2-4-6-16/h5,7-8,11-12,17H,2-4,6,9-10,13-14H2,1H3,(H,22,23). The van der Waals surface area contributed by atoms with Crippen LogP contribution in [0.5, 0.6) is 5.75 Å². The van der Waals surface area contributed by atoms with Crippen LogP contribution in [0.3, 0.4) is 0 Å². The van der Waals surface area contributed by atoms with Crippen LogP contribution in [0, 0.1) is 0 Å². The fraction of sp³-hybridized carbons (Fsp3) is 0.476. The van der Waals surface area contributed by atoms with Gasteiger partial charge in [-0.1, -0.05) is 41.3 Å². The number of aromatic nitrogens is 2. The lowest BCUT2D eigenvalue weighted by Gasteiger charge is -2.27. The van der Waals surface area contributed by atoms with Crippen LogP contribution >= 0.6 is 23.1 Å². The summed E-state index contributed by atoms with van der Waals surface area (Å²) in [6.07, 6.45) is 9.08. The minimum Gasteiger partial charge on any atom is -0.497 e. The van der Waals surface area contributed by atoms with Crippen molar-refractivity contribution in [2.75, 3.05) is 18.2 Å². The van der Waals surface area contributed by atoms with E-state index in [1.54, 1.807) is 7.11 Å². The summed E-state index contributed by atoms with van der Waals surface area (Å²) in [6, 6.07) is 8.35. The predicted octanol–water partition coefficient (Wildman–Crippen LogP) is 4.70. The van der Waals surface area contributed by atoms with E-state index >= 15 is 0 Å². The lowest BCUT2D eigenvalue weighted by atomic mass is 10.0. The molecule has 0 atom stereocenters. The Balaban J connectivity index is 1.28. The van der Waals surface area contributed by atoms with Crippen molar-refractivity contribution < 1.29 is 9.53 Å². The summed E-state index contributed by atoms with van der Waals surface area (Å²) < 4.78 is 6.00. The normalized spacial score (nSPS) is 16.2. The molecule has 1 aromatic carbocycles. The maximum atomic E-state index is 12.9. The van der Waals surface area contributed by atoms with Gasteiger partial charge in [0.15, 0.2) is 4.34 Å². The van der Waals surface area contributed by atoms with E-state index < -0.39 is 0 Å². The van der Waals surface area contributed by atoms with Gasteiger partial charge in [-0.15, -0.1) is 10.2 Å². The average Bonchev–Trinajstić information content (AvgIpc) is 3.49. The van der Waals surface area contributed by atoms with Gasteiger partial charge in [0.1, 0.15) is 5.75 Å². The Morgan fingerprint density at radius 3 is 2.79 bits per heavy atom. The van der Waals surface area contributed by atoms with Gasteiger partial charge in [0.2, 0.25) is 11.0 Å². The van der Waals surface area contributed by atoms with E-state index in [0.717, 1.165) is 46.5 Å². The summed E-state index contributed by atoms with van der Waals surface area (Å²) in [6.45, 7) is 0.672. The molecule has 0 radical (unpaired) electrons. The third-order valence-electron chi connectivity index (χ3n) is 5.09. The van der Waals surface area contributed by atoms with E-state index in [0.29, 0.717) is 18.3 Å². The molecule has 0 saturated heterocycles. The summed E-state index contributed by atoms with van der Waals surface area (Å²) >= 11 is 2.98. The zero-order valence-electron chi connectivity index (χ0n) is 16.6. The van der Waals surface area contributed by atoms with Crippen molar-refractivity contribution in [2.24, 2.45) is 0 Å². The van der Waals surface area contributed by atoms with Crippen molar-refractivity contribution >= 4 is 34.1 Å². The third kappa shape index (κ3) is 5.51. The number of allylic oxidation sites excluding steroid dienone is 2. The first-order valence-electron chi connectivity index (χ1n) is 10.1. The quantitative estimate of drug-likeness (QED) is 0.582. The summed E-state index contributed by atoms with van der Waals surface area (Å²) in [5.74, 6) is 1.46. The van der Waals surface area contributed by atoms with Crippen molar-refractivity contribution in [3.05, 3.63) is 41.6 Å². The van der Waals surface area contributed by atoms with E-state index in [9.17, 15) is 4.79 Å². The number of anilines is 1. The Kier molecular flexibility index (Phi) is 6.71. The van der Waals surface area contributed by atoms with Gasteiger partial charge in [0, 0.05) is 18.3 Å². The molecule has 154 valence electrons. The molecule has 8 heteroatoms. The molecule has 2 aromatic rings. The van der Waals surface area contributed by atoms with Gasteiger partial charge in [-0.2, -0.15) is 0 Å². The molecule has 0 unspecified atom stereocenters. The van der Waals surface area contributed by atoms with E-state index in [1.807, 2.05) is 24.3 Å². The molecule has 6 nitrogen and oxygen atoms in total. The fourth-order valence-corrected chi connectivity index (χ4v) is 5.03. The maximum Gasteiger partial charge on any atom is 0.237 e. The Labute approximate surface area is 179 Å². The van der Waals surface area contributed by atoms with Crippen LogP contribution in [0.25, 0.3) is 0 Å². The number of nitrogens with zero attached hydrogens (tertiary/aromatic N) is 3. The molecule has 2 aliphatic carbocycles. The number of ether oxygens (including phenoxy) is 1. The first-order valence-corrected chi connectivity index (χ1v) is 11.9. The van der Waals surface area contributed by atoms with Crippen LogP contribution in [0.2, 0.25) is 0 Å². The molecule has 1 fully saturated rings. The maximum absolute atomic E-state index is 12.9. The highest BCUT2D eigenvalue weighted by Crippen LogP contribution is 2.35. The van der Waals surface area contributed by atoms with Gasteiger partial charge < -0.3 is 15.0 Å². The molecule has 1 heterocycles. The Morgan fingerprint density at radius 1 is 1.28 bits per heavy atom. The predicted molar refractivity (Wildman–Crippen MR) is 117 cm³/mol. The molecule has 0 aliphatic heterocycles. The number of thioether (sulfide) groups is 1. The van der Waals surface area contributed by atoms with Crippen molar-refractivity contribution in [1.82, 2.24) is 15.1 Å². The third-order valence-corrected chi connectivity index (χ3v) is 7.08. The van der Waals surface area contributed by atoms with Crippen LogP contribution in [-0.4, -0.2) is 39.9 Å². The van der Waals surface area contributed by atoms with E-state index in [1.165, 1.54) is 41.6 Å². The first-order chi connectivity index (χ1) is 14.2. The van der Waals surface area contributed by atoms with E-state index in [4.69, 9.17) is 4.74 Å². The summed E-state index contributed by atoms with van der Waals surface area (Å²) in [7, 11) is 1.66. The minimum atomic E-state index is 0.202. The fourth-order valence-electron chi connectivity index (χ4n) is 3.42. The monoisotopic (exact) mass is 430 g/mol. The molecular weight excluding hydrogens is 404 g/mol. The van der Waals surface area contributed by atoms with Gasteiger partial charge in [-0.25, -0.2) is 0 Å². The van der Waals surface area contributed by atoms with Gasteiger partial charge in [0.25, 0.3) is 0 Å². The number of rotatable bonds is 9. The number of carbonyl (C=O) groups excluding carboxylic acids is 1. The number of methoxy groups -OCH3 is 1. The average molecular weight is 431 g/mol. The number of nitrogens with one attached hydrogen (secondary N) is 1. The lowest BCUT2D eigenvalue weighted by molar-refractivity contribution is -0.127. The van der Waals surface area contributed by atoms with Crippen LogP contribution in [0.1, 0.15) is 44.1 Å². The molecule has 29 heavy (non-hydrogen) atoms. The zero-order chi connectivity index (χ0) is 20.1. The van der Waals surface area contributed by atoms with E-state index in [-0.39, 0.29) is 5.91 Å². The van der Waals surface area contributed by atoms with Gasteiger partial charge in [0.05, 0.1) is 12.9 Å². The molecule has 0 spiro atoms. The van der Waals surface area contributed by atoms with Crippen molar-refractivity contribution in [2.45, 2.75) is 55.5 Å². The number of hydrogen-bond acceptors (Lipinski definition) is 7. The molecule has 2 aliphatic rings. The van der Waals surface area contributed by atoms with Crippen LogP contribution < -0.4 is 10.1 Å². The topological polar surface area (TPSA) is 67.3 Å². The summed E-state index contributed by atoms with van der Waals surface area (Å²) in [5.41, 5.74) is 2.38. The molecule has 1 N–H and O–H groups in total. The number of carbonyl (C=O) groups is 1. The smallest absolute Gasteiger partial charge is 0.237 e. The molecule has 1 aromatic heterocycles. The SMILES string of the molecule is COc1ccc(CNc2nnc(SCC(=O)N(C3=CCCCC3)C3CC3)s2)cc1. The largest absolute Gasteiger partial charge is 0.497 e. The van der Waals surface area contributed by atoms with Crippen LogP contribution in [0.4, 0.5) is 5.13 Å².